The molecule has 1 aromatic rings. The van der Waals surface area contributed by atoms with E-state index in [1.807, 2.05) is 0 Å². The van der Waals surface area contributed by atoms with Crippen LogP contribution < -0.4 is 10.6 Å². The van der Waals surface area contributed by atoms with Gasteiger partial charge in [0.05, 0.1) is 0 Å². The molecule has 96 valence electrons. The van der Waals surface area contributed by atoms with Crippen LogP contribution in [0.3, 0.4) is 0 Å². The Hall–Kier alpha value is -1.68. The molecular formula is C14H17FN2O. The number of hydrogen-bond donors (Lipinski definition) is 2. The number of nitrogens with one attached hydrogen (secondary N) is 2. The molecule has 18 heavy (non-hydrogen) atoms. The quantitative estimate of drug-likeness (QED) is 0.799. The van der Waals surface area contributed by atoms with E-state index >= 15 is 0 Å². The van der Waals surface area contributed by atoms with Gasteiger partial charge in [0, 0.05) is 18.7 Å². The summed E-state index contributed by atoms with van der Waals surface area (Å²) < 4.78 is 12.9. The van der Waals surface area contributed by atoms with Crippen LogP contribution in [0, 0.1) is 5.82 Å². The van der Waals surface area contributed by atoms with Crippen LogP contribution in [0.25, 0.3) is 6.08 Å². The van der Waals surface area contributed by atoms with Crippen molar-refractivity contribution >= 4 is 12.0 Å². The van der Waals surface area contributed by atoms with E-state index in [1.54, 1.807) is 18.2 Å². The van der Waals surface area contributed by atoms with Crippen LogP contribution >= 0.6 is 0 Å². The SMILES string of the molecule is O=C(/C=C/c1cccc(F)c1)NC1CCCNC1. The summed E-state index contributed by atoms with van der Waals surface area (Å²) >= 11 is 0. The molecule has 0 saturated carbocycles. The largest absolute Gasteiger partial charge is 0.349 e. The third-order valence-electron chi connectivity index (χ3n) is 2.92. The lowest BCUT2D eigenvalue weighted by molar-refractivity contribution is -0.117. The number of carbonyl (C=O) groups is 1. The fourth-order valence-electron chi connectivity index (χ4n) is 2.01. The highest BCUT2D eigenvalue weighted by Gasteiger charge is 2.13. The molecule has 4 heteroatoms. The van der Waals surface area contributed by atoms with E-state index in [2.05, 4.69) is 10.6 Å². The summed E-state index contributed by atoms with van der Waals surface area (Å²) in [6, 6.07) is 6.35. The number of benzene rings is 1. The summed E-state index contributed by atoms with van der Waals surface area (Å²) in [6.07, 6.45) is 5.16. The van der Waals surface area contributed by atoms with Crippen molar-refractivity contribution < 1.29 is 9.18 Å². The van der Waals surface area contributed by atoms with Crippen LogP contribution in [0.4, 0.5) is 4.39 Å². The van der Waals surface area contributed by atoms with Gasteiger partial charge in [-0.3, -0.25) is 4.79 Å². The molecule has 0 aromatic heterocycles. The second-order valence-electron chi connectivity index (χ2n) is 4.44. The van der Waals surface area contributed by atoms with E-state index in [0.717, 1.165) is 25.9 Å². The normalized spacial score (nSPS) is 19.9. The number of hydrogen-bond acceptors (Lipinski definition) is 2. The standard InChI is InChI=1S/C14H17FN2O/c15-12-4-1-3-11(9-12)6-7-14(18)17-13-5-2-8-16-10-13/h1,3-4,6-7,9,13,16H,2,5,8,10H2,(H,17,18)/b7-6+. The third kappa shape index (κ3) is 3.96. The molecule has 0 radical (unpaired) electrons. The molecule has 2 rings (SSSR count). The first kappa shape index (κ1) is 12.8. The smallest absolute Gasteiger partial charge is 0.244 e. The Morgan fingerprint density at radius 3 is 3.11 bits per heavy atom. The fraction of sp³-hybridized carbons (Fsp3) is 0.357. The van der Waals surface area contributed by atoms with Gasteiger partial charge in [-0.05, 0) is 43.2 Å². The summed E-state index contributed by atoms with van der Waals surface area (Å²) in [5, 5.41) is 6.15. The highest BCUT2D eigenvalue weighted by molar-refractivity contribution is 5.91. The first-order chi connectivity index (χ1) is 8.74. The van der Waals surface area contributed by atoms with E-state index in [9.17, 15) is 9.18 Å². The van der Waals surface area contributed by atoms with Crippen LogP contribution in [-0.2, 0) is 4.79 Å². The Bertz CT molecular complexity index is 439. The summed E-state index contributed by atoms with van der Waals surface area (Å²) in [5.74, 6) is -0.429. The van der Waals surface area contributed by atoms with Crippen LogP contribution in [0.1, 0.15) is 18.4 Å². The summed E-state index contributed by atoms with van der Waals surface area (Å²) in [6.45, 7) is 1.84. The van der Waals surface area contributed by atoms with Crippen molar-refractivity contribution in [3.8, 4) is 0 Å². The Labute approximate surface area is 106 Å². The van der Waals surface area contributed by atoms with Gasteiger partial charge < -0.3 is 10.6 Å². The van der Waals surface area contributed by atoms with E-state index < -0.39 is 0 Å². The highest BCUT2D eigenvalue weighted by Crippen LogP contribution is 2.05. The first-order valence-electron chi connectivity index (χ1n) is 6.19. The molecule has 0 spiro atoms. The van der Waals surface area contributed by atoms with E-state index in [1.165, 1.54) is 18.2 Å². The van der Waals surface area contributed by atoms with E-state index in [0.29, 0.717) is 5.56 Å². The number of rotatable bonds is 3. The van der Waals surface area contributed by atoms with Gasteiger partial charge in [0.15, 0.2) is 0 Å². The van der Waals surface area contributed by atoms with Gasteiger partial charge in [-0.1, -0.05) is 12.1 Å². The second kappa shape index (κ2) is 6.31. The summed E-state index contributed by atoms with van der Waals surface area (Å²) in [5.41, 5.74) is 0.687. The molecule has 1 aliphatic heterocycles. The molecular weight excluding hydrogens is 231 g/mol. The van der Waals surface area contributed by atoms with Crippen molar-refractivity contribution in [2.75, 3.05) is 13.1 Å². The average molecular weight is 248 g/mol. The second-order valence-corrected chi connectivity index (χ2v) is 4.44. The first-order valence-corrected chi connectivity index (χ1v) is 6.19. The van der Waals surface area contributed by atoms with E-state index in [-0.39, 0.29) is 17.8 Å². The molecule has 1 unspecified atom stereocenters. The lowest BCUT2D eigenvalue weighted by Gasteiger charge is -2.23. The zero-order chi connectivity index (χ0) is 12.8. The summed E-state index contributed by atoms with van der Waals surface area (Å²) in [4.78, 5) is 11.7. The number of amides is 1. The topological polar surface area (TPSA) is 41.1 Å². The van der Waals surface area contributed by atoms with E-state index in [4.69, 9.17) is 0 Å². The molecule has 1 aromatic carbocycles. The van der Waals surface area contributed by atoms with Gasteiger partial charge >= 0.3 is 0 Å². The van der Waals surface area contributed by atoms with Crippen molar-refractivity contribution in [1.82, 2.24) is 10.6 Å². The van der Waals surface area contributed by atoms with Crippen LogP contribution in [0.5, 0.6) is 0 Å². The van der Waals surface area contributed by atoms with Crippen LogP contribution in [0.2, 0.25) is 0 Å². The third-order valence-corrected chi connectivity index (χ3v) is 2.92. The van der Waals surface area contributed by atoms with Crippen LogP contribution in [-0.4, -0.2) is 25.0 Å². The number of halogens is 1. The predicted octanol–water partition coefficient (Wildman–Crippen LogP) is 1.71. The molecule has 1 saturated heterocycles. The Morgan fingerprint density at radius 1 is 1.50 bits per heavy atom. The van der Waals surface area contributed by atoms with Crippen LogP contribution in [0.15, 0.2) is 30.3 Å². The molecule has 1 fully saturated rings. The fourth-order valence-corrected chi connectivity index (χ4v) is 2.01. The number of piperidine rings is 1. The molecule has 3 nitrogen and oxygen atoms in total. The summed E-state index contributed by atoms with van der Waals surface area (Å²) in [7, 11) is 0. The zero-order valence-electron chi connectivity index (χ0n) is 10.2. The lowest BCUT2D eigenvalue weighted by atomic mass is 10.1. The van der Waals surface area contributed by atoms with Gasteiger partial charge in [0.2, 0.25) is 5.91 Å². The van der Waals surface area contributed by atoms with Crippen molar-refractivity contribution in [3.05, 3.63) is 41.7 Å². The molecule has 1 amide bonds. The lowest BCUT2D eigenvalue weighted by Crippen LogP contribution is -2.45. The molecule has 0 bridgehead atoms. The highest BCUT2D eigenvalue weighted by atomic mass is 19.1. The predicted molar refractivity (Wildman–Crippen MR) is 69.5 cm³/mol. The molecule has 1 heterocycles. The minimum absolute atomic E-state index is 0.132. The van der Waals surface area contributed by atoms with Crippen molar-refractivity contribution in [2.45, 2.75) is 18.9 Å². The Balaban J connectivity index is 1.86. The molecule has 1 aliphatic rings. The maximum atomic E-state index is 12.9. The van der Waals surface area contributed by atoms with Crippen molar-refractivity contribution in [3.63, 3.8) is 0 Å². The zero-order valence-corrected chi connectivity index (χ0v) is 10.2. The number of carbonyl (C=O) groups excluding carboxylic acids is 1. The van der Waals surface area contributed by atoms with Gasteiger partial charge in [-0.2, -0.15) is 0 Å². The van der Waals surface area contributed by atoms with Gasteiger partial charge in [0.25, 0.3) is 0 Å². The average Bonchev–Trinajstić information content (AvgIpc) is 2.38. The molecule has 1 atom stereocenters. The molecule has 2 N–H and O–H groups in total. The van der Waals surface area contributed by atoms with Gasteiger partial charge in [-0.25, -0.2) is 4.39 Å². The Morgan fingerprint density at radius 2 is 2.39 bits per heavy atom. The van der Waals surface area contributed by atoms with Crippen molar-refractivity contribution in [2.24, 2.45) is 0 Å². The maximum absolute atomic E-state index is 12.9. The van der Waals surface area contributed by atoms with Crippen molar-refractivity contribution in [1.29, 1.82) is 0 Å². The van der Waals surface area contributed by atoms with Gasteiger partial charge in [0.1, 0.15) is 5.82 Å². The monoisotopic (exact) mass is 248 g/mol. The minimum Gasteiger partial charge on any atom is -0.349 e. The molecule has 0 aliphatic carbocycles. The maximum Gasteiger partial charge on any atom is 0.244 e. The van der Waals surface area contributed by atoms with Gasteiger partial charge in [-0.15, -0.1) is 0 Å². The Kier molecular flexibility index (Phi) is 4.47. The minimum atomic E-state index is -0.297.